The Balaban J connectivity index is 0.00000210. The van der Waals surface area contributed by atoms with Crippen molar-refractivity contribution in [3.8, 4) is 0 Å². The van der Waals surface area contributed by atoms with Gasteiger partial charge in [-0.25, -0.2) is 4.98 Å². The number of amides is 1. The average molecular weight is 397 g/mol. The molecule has 1 saturated heterocycles. The number of aromatic nitrogens is 2. The number of aliphatic hydroxyl groups excluding tert-OH is 1. The van der Waals surface area contributed by atoms with Gasteiger partial charge in [-0.05, 0) is 25.8 Å². The number of imidazole rings is 1. The zero-order valence-corrected chi connectivity index (χ0v) is 18.2. The van der Waals surface area contributed by atoms with E-state index in [1.54, 1.807) is 4.40 Å². The summed E-state index contributed by atoms with van der Waals surface area (Å²) < 4.78 is 1.75. The molecule has 0 spiro atoms. The first-order valence-corrected chi connectivity index (χ1v) is 8.99. The summed E-state index contributed by atoms with van der Waals surface area (Å²) in [6.45, 7) is 4.77. The molecule has 8 nitrogen and oxygen atoms in total. The van der Waals surface area contributed by atoms with Crippen molar-refractivity contribution in [2.75, 3.05) is 0 Å². The Kier molecular flexibility index (Phi) is 5.11. The third-order valence-corrected chi connectivity index (χ3v) is 6.47. The van der Waals surface area contributed by atoms with Crippen LogP contribution in [0.15, 0.2) is 12.0 Å². The number of carboxylic acid groups (broad SMARTS) is 1. The maximum absolute atomic E-state index is 12.3. The zero-order valence-electron chi connectivity index (χ0n) is 15.3. The van der Waals surface area contributed by atoms with Crippen molar-refractivity contribution in [1.82, 2.24) is 14.3 Å². The predicted molar refractivity (Wildman–Crippen MR) is 90.2 cm³/mol. The summed E-state index contributed by atoms with van der Waals surface area (Å²) in [5.41, 5.74) is 1.45. The van der Waals surface area contributed by atoms with Gasteiger partial charge in [0.25, 0.3) is 0 Å². The summed E-state index contributed by atoms with van der Waals surface area (Å²) in [4.78, 5) is 42.5. The number of fused-ring (bicyclic) bond motifs is 2. The standard InChI is InChI=1S/C17H17N3O5S.Na/c1-6-14(26-16-12(8(3)22)18-5-19(6)16)9-4-10-11(7(2)21)15(23)20(10)13(9)17(24)25;/h5,7,10-11,21H,4H2,1-3H3,(H,24,25);/q;+1/p-1/t7-,10-,11-;/m1./s1. The van der Waals surface area contributed by atoms with E-state index in [4.69, 9.17) is 0 Å². The van der Waals surface area contributed by atoms with Crippen LogP contribution < -0.4 is 34.7 Å². The van der Waals surface area contributed by atoms with E-state index >= 15 is 0 Å². The van der Waals surface area contributed by atoms with Gasteiger partial charge in [0.2, 0.25) is 5.91 Å². The fourth-order valence-corrected chi connectivity index (χ4v) is 5.26. The van der Waals surface area contributed by atoms with E-state index in [1.165, 1.54) is 36.4 Å². The molecule has 1 amide bonds. The van der Waals surface area contributed by atoms with Gasteiger partial charge in [0, 0.05) is 12.6 Å². The molecule has 0 radical (unpaired) electrons. The number of hydrogen-bond donors (Lipinski definition) is 1. The number of carboxylic acids is 1. The zero-order chi connectivity index (χ0) is 18.9. The molecule has 4 rings (SSSR count). The van der Waals surface area contributed by atoms with Gasteiger partial charge in [0.15, 0.2) is 5.78 Å². The number of nitrogens with zero attached hydrogens (tertiary/aromatic N) is 3. The van der Waals surface area contributed by atoms with Crippen molar-refractivity contribution in [3.05, 3.63) is 28.3 Å². The topological polar surface area (TPSA) is 115 Å². The van der Waals surface area contributed by atoms with Crippen LogP contribution in [0.1, 0.15) is 41.3 Å². The number of β-lactam (4-membered cyclic amide) rings is 1. The molecular formula is C17H16N3NaO5S. The minimum atomic E-state index is -1.41. The molecule has 2 aromatic heterocycles. The second-order valence-corrected chi connectivity index (χ2v) is 7.70. The molecule has 27 heavy (non-hydrogen) atoms. The third-order valence-electron chi connectivity index (χ3n) is 5.14. The number of aryl methyl sites for hydroxylation is 1. The van der Waals surface area contributed by atoms with Gasteiger partial charge in [-0.1, -0.05) is 0 Å². The molecule has 0 bridgehead atoms. The van der Waals surface area contributed by atoms with E-state index < -0.39 is 23.9 Å². The molecule has 2 aliphatic rings. The van der Waals surface area contributed by atoms with Gasteiger partial charge in [-0.15, -0.1) is 11.3 Å². The summed E-state index contributed by atoms with van der Waals surface area (Å²) in [5.74, 6) is -2.59. The normalized spacial score (nSPS) is 22.5. The molecule has 0 aliphatic carbocycles. The predicted octanol–water partition coefficient (Wildman–Crippen LogP) is -3.02. The molecule has 1 fully saturated rings. The largest absolute Gasteiger partial charge is 1.00 e. The van der Waals surface area contributed by atoms with Gasteiger partial charge < -0.3 is 19.9 Å². The quantitative estimate of drug-likeness (QED) is 0.334. The van der Waals surface area contributed by atoms with E-state index in [0.29, 0.717) is 27.4 Å². The van der Waals surface area contributed by atoms with Gasteiger partial charge >= 0.3 is 29.6 Å². The van der Waals surface area contributed by atoms with Crippen LogP contribution in [0.3, 0.4) is 0 Å². The van der Waals surface area contributed by atoms with E-state index in [1.807, 2.05) is 6.92 Å². The molecule has 4 heterocycles. The van der Waals surface area contributed by atoms with Gasteiger partial charge in [-0.2, -0.15) is 0 Å². The maximum atomic E-state index is 12.3. The first-order chi connectivity index (χ1) is 12.2. The molecule has 0 saturated carbocycles. The SMILES string of the molecule is CC(=O)c1ncn2c(C)c(C3=C(C(=O)[O-])N4C(=O)[C@H]([C@@H](C)O)[C@H]4C3)sc12.[Na+]. The fraction of sp³-hybridized carbons (Fsp3) is 0.412. The Labute approximate surface area is 180 Å². The molecule has 10 heteroatoms. The van der Waals surface area contributed by atoms with Crippen molar-refractivity contribution in [2.24, 2.45) is 5.92 Å². The van der Waals surface area contributed by atoms with Crippen molar-refractivity contribution in [3.63, 3.8) is 0 Å². The summed E-state index contributed by atoms with van der Waals surface area (Å²) in [7, 11) is 0. The number of Topliss-reactive ketones (excluding diaryl/α,β-unsaturated/α-hetero) is 1. The Morgan fingerprint density at radius 1 is 1.44 bits per heavy atom. The number of carbonyl (C=O) groups is 3. The van der Waals surface area contributed by atoms with E-state index in [9.17, 15) is 24.6 Å². The van der Waals surface area contributed by atoms with E-state index in [2.05, 4.69) is 4.98 Å². The minimum absolute atomic E-state index is 0. The van der Waals surface area contributed by atoms with E-state index in [0.717, 1.165) is 5.69 Å². The first kappa shape index (κ1) is 20.2. The van der Waals surface area contributed by atoms with Crippen LogP contribution in [0.25, 0.3) is 10.4 Å². The van der Waals surface area contributed by atoms with Crippen LogP contribution in [0.5, 0.6) is 0 Å². The second kappa shape index (κ2) is 6.82. The van der Waals surface area contributed by atoms with Crippen LogP contribution in [-0.2, 0) is 9.59 Å². The second-order valence-electron chi connectivity index (χ2n) is 6.70. The molecule has 3 atom stereocenters. The number of rotatable bonds is 4. The van der Waals surface area contributed by atoms with Crippen molar-refractivity contribution in [2.45, 2.75) is 39.3 Å². The number of thiazole rings is 1. The summed E-state index contributed by atoms with van der Waals surface area (Å²) in [6, 6.07) is -0.378. The Morgan fingerprint density at radius 2 is 2.11 bits per heavy atom. The average Bonchev–Trinajstić information content (AvgIpc) is 3.18. The first-order valence-electron chi connectivity index (χ1n) is 8.17. The Bertz CT molecular complexity index is 1020. The van der Waals surface area contributed by atoms with Crippen molar-refractivity contribution < 1.29 is 54.2 Å². The number of aliphatic carboxylic acids is 1. The number of carbonyl (C=O) groups excluding carboxylic acids is 3. The maximum Gasteiger partial charge on any atom is 1.00 e. The van der Waals surface area contributed by atoms with Gasteiger partial charge in [0.05, 0.1) is 34.6 Å². The fourth-order valence-electron chi connectivity index (χ4n) is 3.94. The van der Waals surface area contributed by atoms with Gasteiger partial charge in [0.1, 0.15) is 16.9 Å². The molecule has 136 valence electrons. The molecule has 0 unspecified atom stereocenters. The summed E-state index contributed by atoms with van der Waals surface area (Å²) in [5, 5.41) is 21.6. The molecular weight excluding hydrogens is 381 g/mol. The number of hydrogen-bond acceptors (Lipinski definition) is 7. The Morgan fingerprint density at radius 3 is 2.67 bits per heavy atom. The van der Waals surface area contributed by atoms with Crippen molar-refractivity contribution in [1.29, 1.82) is 0 Å². The number of aliphatic hydroxyl groups is 1. The Hall–Kier alpha value is -1.52. The minimum Gasteiger partial charge on any atom is -0.543 e. The third kappa shape index (κ3) is 2.72. The summed E-state index contributed by atoms with van der Waals surface area (Å²) >= 11 is 1.28. The molecule has 0 aromatic carbocycles. The smallest absolute Gasteiger partial charge is 0.543 e. The van der Waals surface area contributed by atoms with Crippen molar-refractivity contribution >= 4 is 39.4 Å². The van der Waals surface area contributed by atoms with Crippen LogP contribution in [-0.4, -0.2) is 49.2 Å². The summed E-state index contributed by atoms with van der Waals surface area (Å²) in [6.07, 6.45) is 1.02. The van der Waals surface area contributed by atoms with E-state index in [-0.39, 0.29) is 47.1 Å². The molecule has 2 aromatic rings. The number of ketones is 1. The van der Waals surface area contributed by atoms with Gasteiger partial charge in [-0.3, -0.25) is 14.0 Å². The molecule has 1 N–H and O–H groups in total. The van der Waals surface area contributed by atoms with Crippen LogP contribution in [0.2, 0.25) is 0 Å². The van der Waals surface area contributed by atoms with Crippen LogP contribution in [0.4, 0.5) is 0 Å². The van der Waals surface area contributed by atoms with Crippen LogP contribution >= 0.6 is 11.3 Å². The van der Waals surface area contributed by atoms with Crippen LogP contribution in [0, 0.1) is 12.8 Å². The monoisotopic (exact) mass is 397 g/mol. The molecule has 2 aliphatic heterocycles.